The highest BCUT2D eigenvalue weighted by atomic mass is 16.3. The highest BCUT2D eigenvalue weighted by molar-refractivity contribution is 5.93. The number of aromatic nitrogens is 1. The Hall–Kier alpha value is -1.49. The number of hydrogen-bond donors (Lipinski definition) is 2. The lowest BCUT2D eigenvalue weighted by molar-refractivity contribution is 0.0611. The van der Waals surface area contributed by atoms with E-state index in [0.29, 0.717) is 17.9 Å². The number of piperidine rings is 1. The van der Waals surface area contributed by atoms with Gasteiger partial charge in [0.05, 0.1) is 5.69 Å². The van der Waals surface area contributed by atoms with Gasteiger partial charge in [0.25, 0.3) is 5.91 Å². The lowest BCUT2D eigenvalue weighted by Gasteiger charge is -2.31. The number of carbonyl (C=O) groups excluding carboxylic acids is 1. The fourth-order valence-electron chi connectivity index (χ4n) is 2.36. The summed E-state index contributed by atoms with van der Waals surface area (Å²) in [6, 6.07) is 1.70. The third-order valence-corrected chi connectivity index (χ3v) is 3.31. The topological polar surface area (TPSA) is 71.5 Å². The Bertz CT molecular complexity index is 414. The molecule has 1 atom stereocenters. The molecule has 1 aromatic rings. The number of hydrogen-bond acceptors (Lipinski definition) is 3. The summed E-state index contributed by atoms with van der Waals surface area (Å²) >= 11 is 0. The van der Waals surface area contributed by atoms with Crippen molar-refractivity contribution in [1.82, 2.24) is 9.47 Å². The van der Waals surface area contributed by atoms with Gasteiger partial charge in [-0.3, -0.25) is 4.79 Å². The molecule has 0 aromatic carbocycles. The van der Waals surface area contributed by atoms with Crippen LogP contribution in [0.5, 0.6) is 0 Å². The second-order valence-corrected chi connectivity index (χ2v) is 4.71. The van der Waals surface area contributed by atoms with Crippen LogP contribution in [0.4, 0.5) is 5.69 Å². The van der Waals surface area contributed by atoms with E-state index in [1.54, 1.807) is 21.7 Å². The summed E-state index contributed by atoms with van der Waals surface area (Å²) in [6.07, 6.45) is 3.69. The van der Waals surface area contributed by atoms with Gasteiger partial charge in [-0.1, -0.05) is 0 Å². The van der Waals surface area contributed by atoms with Crippen molar-refractivity contribution in [3.8, 4) is 0 Å². The maximum atomic E-state index is 12.3. The van der Waals surface area contributed by atoms with Crippen LogP contribution < -0.4 is 5.73 Å². The highest BCUT2D eigenvalue weighted by Crippen LogP contribution is 2.19. The summed E-state index contributed by atoms with van der Waals surface area (Å²) < 4.78 is 1.75. The number of rotatable bonds is 2. The molecule has 1 aromatic heterocycles. The molecule has 1 aliphatic rings. The monoisotopic (exact) mass is 237 g/mol. The summed E-state index contributed by atoms with van der Waals surface area (Å²) in [5.74, 6) is 0.215. The molecule has 2 heterocycles. The largest absolute Gasteiger partial charge is 0.397 e. The third kappa shape index (κ3) is 2.44. The van der Waals surface area contributed by atoms with E-state index >= 15 is 0 Å². The minimum absolute atomic E-state index is 0.00218. The lowest BCUT2D eigenvalue weighted by Crippen LogP contribution is -2.41. The number of carbonyl (C=O) groups is 1. The Morgan fingerprint density at radius 1 is 1.65 bits per heavy atom. The highest BCUT2D eigenvalue weighted by Gasteiger charge is 2.25. The normalized spacial score (nSPS) is 20.6. The van der Waals surface area contributed by atoms with Gasteiger partial charge in [0.1, 0.15) is 5.69 Å². The van der Waals surface area contributed by atoms with Gasteiger partial charge >= 0.3 is 0 Å². The molecule has 0 saturated carbocycles. The van der Waals surface area contributed by atoms with Crippen LogP contribution >= 0.6 is 0 Å². The summed E-state index contributed by atoms with van der Waals surface area (Å²) in [6.45, 7) is 1.56. The number of amides is 1. The molecule has 0 spiro atoms. The van der Waals surface area contributed by atoms with Crippen molar-refractivity contribution in [2.24, 2.45) is 13.0 Å². The fraction of sp³-hybridized carbons (Fsp3) is 0.583. The summed E-state index contributed by atoms with van der Waals surface area (Å²) in [5.41, 5.74) is 6.88. The SMILES string of the molecule is Cn1cc(N)cc1C(=O)N1CCCC(CO)C1. The third-order valence-electron chi connectivity index (χ3n) is 3.31. The molecule has 0 aliphatic carbocycles. The fourth-order valence-corrected chi connectivity index (χ4v) is 2.36. The van der Waals surface area contributed by atoms with Crippen molar-refractivity contribution >= 4 is 11.6 Å². The Kier molecular flexibility index (Phi) is 3.38. The molecule has 3 N–H and O–H groups in total. The van der Waals surface area contributed by atoms with Crippen LogP contribution in [-0.4, -0.2) is 40.2 Å². The van der Waals surface area contributed by atoms with Gasteiger partial charge in [0.2, 0.25) is 0 Å². The molecule has 1 amide bonds. The molecule has 1 unspecified atom stereocenters. The van der Waals surface area contributed by atoms with E-state index in [-0.39, 0.29) is 18.4 Å². The molecular formula is C12H19N3O2. The summed E-state index contributed by atoms with van der Waals surface area (Å²) in [5, 5.41) is 9.16. The van der Waals surface area contributed by atoms with Gasteiger partial charge in [-0.2, -0.15) is 0 Å². The quantitative estimate of drug-likeness (QED) is 0.784. The number of nitrogen functional groups attached to an aromatic ring is 1. The molecule has 0 radical (unpaired) electrons. The minimum atomic E-state index is 0.00218. The van der Waals surface area contributed by atoms with Crippen molar-refractivity contribution in [3.63, 3.8) is 0 Å². The van der Waals surface area contributed by atoms with Gasteiger partial charge in [-0.05, 0) is 24.8 Å². The average molecular weight is 237 g/mol. The first kappa shape index (κ1) is 12.0. The average Bonchev–Trinajstić information content (AvgIpc) is 2.67. The van der Waals surface area contributed by atoms with Gasteiger partial charge in [-0.25, -0.2) is 0 Å². The van der Waals surface area contributed by atoms with E-state index in [1.165, 1.54) is 0 Å². The molecule has 94 valence electrons. The number of nitrogens with zero attached hydrogens (tertiary/aromatic N) is 2. The van der Waals surface area contributed by atoms with Crippen LogP contribution in [0, 0.1) is 5.92 Å². The lowest BCUT2D eigenvalue weighted by atomic mass is 9.99. The molecule has 2 rings (SSSR count). The molecule has 0 bridgehead atoms. The van der Waals surface area contributed by atoms with Gasteiger partial charge in [0.15, 0.2) is 0 Å². The molecule has 17 heavy (non-hydrogen) atoms. The van der Waals surface area contributed by atoms with Gasteiger partial charge < -0.3 is 20.3 Å². The zero-order chi connectivity index (χ0) is 12.4. The minimum Gasteiger partial charge on any atom is -0.397 e. The van der Waals surface area contributed by atoms with Crippen LogP contribution in [-0.2, 0) is 7.05 Å². The van der Waals surface area contributed by atoms with Crippen LogP contribution in [0.25, 0.3) is 0 Å². The molecule has 1 aliphatic heterocycles. The Balaban J connectivity index is 2.12. The second-order valence-electron chi connectivity index (χ2n) is 4.71. The predicted molar refractivity (Wildman–Crippen MR) is 65.5 cm³/mol. The number of aryl methyl sites for hydroxylation is 1. The first-order chi connectivity index (χ1) is 8.11. The maximum absolute atomic E-state index is 12.3. The number of aliphatic hydroxyl groups is 1. The number of nitrogens with two attached hydrogens (primary N) is 1. The van der Waals surface area contributed by atoms with Gasteiger partial charge in [0, 0.05) is 32.9 Å². The predicted octanol–water partition coefficient (Wildman–Crippen LogP) is 0.452. The van der Waals surface area contributed by atoms with E-state index in [1.807, 2.05) is 7.05 Å². The van der Waals surface area contributed by atoms with Crippen molar-refractivity contribution in [1.29, 1.82) is 0 Å². The number of likely N-dealkylation sites (tertiary alicyclic amines) is 1. The van der Waals surface area contributed by atoms with E-state index in [2.05, 4.69) is 0 Å². The molecule has 1 fully saturated rings. The Labute approximate surface area is 101 Å². The van der Waals surface area contributed by atoms with E-state index < -0.39 is 0 Å². The molecule has 5 nitrogen and oxygen atoms in total. The van der Waals surface area contributed by atoms with Crippen LogP contribution in [0.15, 0.2) is 12.3 Å². The second kappa shape index (κ2) is 4.79. The van der Waals surface area contributed by atoms with Crippen molar-refractivity contribution in [2.75, 3.05) is 25.4 Å². The summed E-state index contributed by atoms with van der Waals surface area (Å²) in [4.78, 5) is 14.1. The standard InChI is InChI=1S/C12H19N3O2/c1-14-7-10(13)5-11(14)12(17)15-4-2-3-9(6-15)8-16/h5,7,9,16H,2-4,6,8,13H2,1H3. The number of aliphatic hydroxyl groups excluding tert-OH is 1. The van der Waals surface area contributed by atoms with E-state index in [4.69, 9.17) is 10.8 Å². The molecule has 1 saturated heterocycles. The Morgan fingerprint density at radius 2 is 2.41 bits per heavy atom. The zero-order valence-electron chi connectivity index (χ0n) is 10.1. The smallest absolute Gasteiger partial charge is 0.270 e. The van der Waals surface area contributed by atoms with E-state index in [9.17, 15) is 4.79 Å². The van der Waals surface area contributed by atoms with Crippen LogP contribution in [0.2, 0.25) is 0 Å². The maximum Gasteiger partial charge on any atom is 0.270 e. The first-order valence-corrected chi connectivity index (χ1v) is 5.93. The molecular weight excluding hydrogens is 218 g/mol. The van der Waals surface area contributed by atoms with Crippen molar-refractivity contribution < 1.29 is 9.90 Å². The van der Waals surface area contributed by atoms with Crippen molar-refractivity contribution in [3.05, 3.63) is 18.0 Å². The summed E-state index contributed by atoms with van der Waals surface area (Å²) in [7, 11) is 1.82. The zero-order valence-corrected chi connectivity index (χ0v) is 10.1. The molecule has 5 heteroatoms. The van der Waals surface area contributed by atoms with Crippen LogP contribution in [0.3, 0.4) is 0 Å². The Morgan fingerprint density at radius 3 is 3.00 bits per heavy atom. The first-order valence-electron chi connectivity index (χ1n) is 5.93. The van der Waals surface area contributed by atoms with Gasteiger partial charge in [-0.15, -0.1) is 0 Å². The van der Waals surface area contributed by atoms with Crippen molar-refractivity contribution in [2.45, 2.75) is 12.8 Å². The van der Waals surface area contributed by atoms with E-state index in [0.717, 1.165) is 19.4 Å². The number of anilines is 1. The van der Waals surface area contributed by atoms with Crippen LogP contribution in [0.1, 0.15) is 23.3 Å².